The van der Waals surface area contributed by atoms with Gasteiger partial charge in [-0.15, -0.1) is 0 Å². The summed E-state index contributed by atoms with van der Waals surface area (Å²) in [6.45, 7) is 1.91. The van der Waals surface area contributed by atoms with E-state index in [1.165, 1.54) is 0 Å². The molecule has 0 bridgehead atoms. The molecule has 0 fully saturated rings. The van der Waals surface area contributed by atoms with Crippen LogP contribution in [0.4, 0.5) is 5.69 Å². The molecule has 1 amide bonds. The van der Waals surface area contributed by atoms with Gasteiger partial charge in [-0.2, -0.15) is 5.10 Å². The van der Waals surface area contributed by atoms with E-state index in [2.05, 4.69) is 10.4 Å². The molecule has 0 saturated heterocycles. The third-order valence-corrected chi connectivity index (χ3v) is 3.50. The van der Waals surface area contributed by atoms with Crippen LogP contribution >= 0.6 is 0 Å². The number of aromatic hydroxyl groups is 1. The molecule has 2 N–H and O–H groups in total. The maximum atomic E-state index is 12.1. The highest BCUT2D eigenvalue weighted by Gasteiger charge is 2.08. The van der Waals surface area contributed by atoms with Crippen molar-refractivity contribution in [2.75, 3.05) is 5.32 Å². The Kier molecular flexibility index (Phi) is 4.10. The van der Waals surface area contributed by atoms with Gasteiger partial charge in [0.2, 0.25) is 5.91 Å². The molecule has 0 saturated carbocycles. The first kappa shape index (κ1) is 14.8. The van der Waals surface area contributed by atoms with E-state index in [1.54, 1.807) is 29.1 Å². The van der Waals surface area contributed by atoms with Gasteiger partial charge in [-0.25, -0.2) is 4.68 Å². The lowest BCUT2D eigenvalue weighted by Gasteiger charge is -2.09. The molecule has 0 aliphatic carbocycles. The number of amides is 1. The zero-order valence-corrected chi connectivity index (χ0v) is 12.7. The SMILES string of the molecule is Cc1ccc(O)c(NC(=O)Cc2ccc(-n3cccn3)cc2)c1. The van der Waals surface area contributed by atoms with E-state index in [0.717, 1.165) is 16.8 Å². The van der Waals surface area contributed by atoms with E-state index in [0.29, 0.717) is 5.69 Å². The minimum atomic E-state index is -0.169. The molecule has 0 aliphatic rings. The van der Waals surface area contributed by atoms with Crippen LogP contribution in [-0.2, 0) is 11.2 Å². The average Bonchev–Trinajstić information content (AvgIpc) is 3.06. The van der Waals surface area contributed by atoms with Gasteiger partial charge in [-0.3, -0.25) is 4.79 Å². The average molecular weight is 307 g/mol. The minimum Gasteiger partial charge on any atom is -0.506 e. The smallest absolute Gasteiger partial charge is 0.228 e. The van der Waals surface area contributed by atoms with Crippen molar-refractivity contribution in [1.82, 2.24) is 9.78 Å². The van der Waals surface area contributed by atoms with Gasteiger partial charge in [0.15, 0.2) is 0 Å². The number of anilines is 1. The Morgan fingerprint density at radius 3 is 2.70 bits per heavy atom. The van der Waals surface area contributed by atoms with E-state index in [9.17, 15) is 9.90 Å². The van der Waals surface area contributed by atoms with Gasteiger partial charge < -0.3 is 10.4 Å². The second-order valence-corrected chi connectivity index (χ2v) is 5.36. The number of hydrogen-bond acceptors (Lipinski definition) is 3. The number of nitrogens with one attached hydrogen (secondary N) is 1. The normalized spacial score (nSPS) is 10.5. The summed E-state index contributed by atoms with van der Waals surface area (Å²) in [6.07, 6.45) is 3.82. The lowest BCUT2D eigenvalue weighted by Crippen LogP contribution is -2.14. The Morgan fingerprint density at radius 2 is 2.00 bits per heavy atom. The number of hydrogen-bond donors (Lipinski definition) is 2. The first-order valence-corrected chi connectivity index (χ1v) is 7.30. The molecule has 0 radical (unpaired) electrons. The zero-order chi connectivity index (χ0) is 16.2. The molecule has 0 atom stereocenters. The molecule has 0 unspecified atom stereocenters. The lowest BCUT2D eigenvalue weighted by atomic mass is 10.1. The van der Waals surface area contributed by atoms with Gasteiger partial charge in [0.25, 0.3) is 0 Å². The summed E-state index contributed by atoms with van der Waals surface area (Å²) < 4.78 is 1.76. The van der Waals surface area contributed by atoms with Gasteiger partial charge in [-0.05, 0) is 48.4 Å². The molecule has 5 heteroatoms. The van der Waals surface area contributed by atoms with Crippen LogP contribution in [0.2, 0.25) is 0 Å². The van der Waals surface area contributed by atoms with Gasteiger partial charge in [0.1, 0.15) is 5.75 Å². The molecule has 0 spiro atoms. The van der Waals surface area contributed by atoms with Crippen molar-refractivity contribution >= 4 is 11.6 Å². The number of carbonyl (C=O) groups excluding carboxylic acids is 1. The van der Waals surface area contributed by atoms with Crippen molar-refractivity contribution in [3.63, 3.8) is 0 Å². The van der Waals surface area contributed by atoms with Gasteiger partial charge >= 0.3 is 0 Å². The number of nitrogens with zero attached hydrogens (tertiary/aromatic N) is 2. The number of rotatable bonds is 4. The fraction of sp³-hybridized carbons (Fsp3) is 0.111. The maximum absolute atomic E-state index is 12.1. The topological polar surface area (TPSA) is 67.2 Å². The first-order chi connectivity index (χ1) is 11.1. The van der Waals surface area contributed by atoms with Gasteiger partial charge in [0.05, 0.1) is 17.8 Å². The molecule has 3 rings (SSSR count). The van der Waals surface area contributed by atoms with Crippen LogP contribution in [0, 0.1) is 6.92 Å². The summed E-state index contributed by atoms with van der Waals surface area (Å²) in [5.41, 5.74) is 3.24. The number of phenols is 1. The predicted molar refractivity (Wildman–Crippen MR) is 88.7 cm³/mol. The fourth-order valence-electron chi connectivity index (χ4n) is 2.32. The van der Waals surface area contributed by atoms with Crippen molar-refractivity contribution in [2.45, 2.75) is 13.3 Å². The van der Waals surface area contributed by atoms with E-state index in [4.69, 9.17) is 0 Å². The third-order valence-electron chi connectivity index (χ3n) is 3.50. The molecule has 116 valence electrons. The Morgan fingerprint density at radius 1 is 1.22 bits per heavy atom. The molecule has 0 aliphatic heterocycles. The summed E-state index contributed by atoms with van der Waals surface area (Å²) in [6, 6.07) is 14.6. The van der Waals surface area contributed by atoms with Crippen LogP contribution in [0.15, 0.2) is 60.9 Å². The maximum Gasteiger partial charge on any atom is 0.228 e. The Balaban J connectivity index is 1.67. The Bertz CT molecular complexity index is 809. The third kappa shape index (κ3) is 3.58. The van der Waals surface area contributed by atoms with Crippen molar-refractivity contribution in [2.24, 2.45) is 0 Å². The van der Waals surface area contributed by atoms with E-state index in [1.807, 2.05) is 43.5 Å². The Hall–Kier alpha value is -3.08. The van der Waals surface area contributed by atoms with Crippen LogP contribution in [0.25, 0.3) is 5.69 Å². The van der Waals surface area contributed by atoms with Crippen LogP contribution in [0.3, 0.4) is 0 Å². The van der Waals surface area contributed by atoms with Crippen molar-refractivity contribution in [3.05, 3.63) is 72.1 Å². The fourth-order valence-corrected chi connectivity index (χ4v) is 2.32. The second-order valence-electron chi connectivity index (χ2n) is 5.36. The highest BCUT2D eigenvalue weighted by atomic mass is 16.3. The summed E-state index contributed by atoms with van der Waals surface area (Å²) in [5, 5.41) is 16.7. The van der Waals surface area contributed by atoms with Crippen molar-refractivity contribution in [3.8, 4) is 11.4 Å². The number of carbonyl (C=O) groups is 1. The van der Waals surface area contributed by atoms with E-state index >= 15 is 0 Å². The zero-order valence-electron chi connectivity index (χ0n) is 12.7. The number of aromatic nitrogens is 2. The molecule has 2 aromatic carbocycles. The van der Waals surface area contributed by atoms with Gasteiger partial charge in [0, 0.05) is 12.4 Å². The Labute approximate surface area is 134 Å². The largest absolute Gasteiger partial charge is 0.506 e. The highest BCUT2D eigenvalue weighted by molar-refractivity contribution is 5.93. The lowest BCUT2D eigenvalue weighted by molar-refractivity contribution is -0.115. The standard InChI is InChI=1S/C18H17N3O2/c1-13-3-8-17(22)16(11-13)20-18(23)12-14-4-6-15(7-5-14)21-10-2-9-19-21/h2-11,22H,12H2,1H3,(H,20,23). The van der Waals surface area contributed by atoms with Crippen LogP contribution in [-0.4, -0.2) is 20.8 Å². The summed E-state index contributed by atoms with van der Waals surface area (Å²) in [4.78, 5) is 12.1. The predicted octanol–water partition coefficient (Wildman–Crippen LogP) is 3.07. The quantitative estimate of drug-likeness (QED) is 0.728. The number of aryl methyl sites for hydroxylation is 1. The van der Waals surface area contributed by atoms with E-state index < -0.39 is 0 Å². The second kappa shape index (κ2) is 6.36. The van der Waals surface area contributed by atoms with Crippen LogP contribution in [0.1, 0.15) is 11.1 Å². The molecular formula is C18H17N3O2. The number of benzene rings is 2. The first-order valence-electron chi connectivity index (χ1n) is 7.30. The molecule has 3 aromatic rings. The number of phenolic OH excluding ortho intramolecular Hbond substituents is 1. The highest BCUT2D eigenvalue weighted by Crippen LogP contribution is 2.24. The summed E-state index contributed by atoms with van der Waals surface area (Å²) >= 11 is 0. The van der Waals surface area contributed by atoms with Crippen molar-refractivity contribution < 1.29 is 9.90 Å². The molecular weight excluding hydrogens is 290 g/mol. The molecule has 1 aromatic heterocycles. The van der Waals surface area contributed by atoms with Crippen LogP contribution < -0.4 is 5.32 Å². The molecule has 5 nitrogen and oxygen atoms in total. The minimum absolute atomic E-state index is 0.0676. The van der Waals surface area contributed by atoms with Crippen LogP contribution in [0.5, 0.6) is 5.75 Å². The van der Waals surface area contributed by atoms with Crippen molar-refractivity contribution in [1.29, 1.82) is 0 Å². The summed E-state index contributed by atoms with van der Waals surface area (Å²) in [7, 11) is 0. The monoisotopic (exact) mass is 307 g/mol. The van der Waals surface area contributed by atoms with E-state index in [-0.39, 0.29) is 18.1 Å². The molecule has 23 heavy (non-hydrogen) atoms. The summed E-state index contributed by atoms with van der Waals surface area (Å²) in [5.74, 6) is -0.101. The molecule has 1 heterocycles. The van der Waals surface area contributed by atoms with Gasteiger partial charge in [-0.1, -0.05) is 18.2 Å².